The van der Waals surface area contributed by atoms with Gasteiger partial charge in [0.25, 0.3) is 0 Å². The monoisotopic (exact) mass is 419 g/mol. The Bertz CT molecular complexity index is 897. The van der Waals surface area contributed by atoms with Gasteiger partial charge in [-0.2, -0.15) is 0 Å². The number of rotatable bonds is 8. The number of benzene rings is 2. The molecule has 1 aliphatic heterocycles. The van der Waals surface area contributed by atoms with Crippen LogP contribution in [0, 0.1) is 0 Å². The lowest BCUT2D eigenvalue weighted by Gasteiger charge is -2.38. The molecule has 1 fully saturated rings. The van der Waals surface area contributed by atoms with Crippen molar-refractivity contribution in [2.75, 3.05) is 42.1 Å². The summed E-state index contributed by atoms with van der Waals surface area (Å²) >= 11 is 0. The number of nitrogens with one attached hydrogen (secondary N) is 1. The van der Waals surface area contributed by atoms with Gasteiger partial charge in [0, 0.05) is 31.9 Å². The number of hydrogen-bond donors (Lipinski definition) is 3. The number of piperazine rings is 1. The third-order valence-electron chi connectivity index (χ3n) is 5.14. The van der Waals surface area contributed by atoms with E-state index >= 15 is 0 Å². The molecule has 158 valence electrons. The lowest BCUT2D eigenvalue weighted by molar-refractivity contribution is -0.00665. The van der Waals surface area contributed by atoms with Crippen molar-refractivity contribution in [1.82, 2.24) is 4.90 Å². The smallest absolute Gasteiger partial charge is 0.229 e. The topological polar surface area (TPSA) is 93.1 Å². The highest BCUT2D eigenvalue weighted by molar-refractivity contribution is 7.92. The van der Waals surface area contributed by atoms with E-state index in [1.165, 1.54) is 11.8 Å². The molecule has 0 radical (unpaired) electrons. The molecule has 0 aromatic heterocycles. The molecule has 1 aliphatic rings. The highest BCUT2D eigenvalue weighted by Crippen LogP contribution is 2.26. The first kappa shape index (κ1) is 21.4. The molecule has 0 aliphatic carbocycles. The van der Waals surface area contributed by atoms with Crippen LogP contribution in [-0.2, 0) is 16.4 Å². The molecule has 0 amide bonds. The fourth-order valence-electron chi connectivity index (χ4n) is 3.61. The SMILES string of the molecule is CS(=O)(=O)Nc1cc(CCCC(O)N2CCN(c3ccccc3)CC2)ccc1O. The second-order valence-corrected chi connectivity index (χ2v) is 9.21. The summed E-state index contributed by atoms with van der Waals surface area (Å²) in [6.07, 6.45) is 2.66. The van der Waals surface area contributed by atoms with Crippen LogP contribution < -0.4 is 9.62 Å². The molecule has 29 heavy (non-hydrogen) atoms. The van der Waals surface area contributed by atoms with Gasteiger partial charge in [-0.25, -0.2) is 8.42 Å². The maximum absolute atomic E-state index is 11.4. The number of aliphatic hydroxyl groups excluding tert-OH is 1. The highest BCUT2D eigenvalue weighted by Gasteiger charge is 2.22. The van der Waals surface area contributed by atoms with E-state index in [4.69, 9.17) is 0 Å². The van der Waals surface area contributed by atoms with Crippen molar-refractivity contribution in [3.05, 3.63) is 54.1 Å². The van der Waals surface area contributed by atoms with Gasteiger partial charge in [-0.1, -0.05) is 24.3 Å². The summed E-state index contributed by atoms with van der Waals surface area (Å²) in [6.45, 7) is 3.41. The molecular formula is C21H29N3O4S. The zero-order valence-electron chi connectivity index (χ0n) is 16.7. The van der Waals surface area contributed by atoms with E-state index in [9.17, 15) is 18.6 Å². The van der Waals surface area contributed by atoms with Crippen LogP contribution >= 0.6 is 0 Å². The van der Waals surface area contributed by atoms with Crippen molar-refractivity contribution in [1.29, 1.82) is 0 Å². The van der Waals surface area contributed by atoms with Crippen molar-refractivity contribution in [2.45, 2.75) is 25.5 Å². The van der Waals surface area contributed by atoms with Crippen molar-refractivity contribution in [3.63, 3.8) is 0 Å². The molecule has 3 N–H and O–H groups in total. The number of sulfonamides is 1. The van der Waals surface area contributed by atoms with Crippen molar-refractivity contribution >= 4 is 21.4 Å². The van der Waals surface area contributed by atoms with E-state index in [-0.39, 0.29) is 11.4 Å². The average Bonchev–Trinajstić information content (AvgIpc) is 2.70. The Balaban J connectivity index is 1.46. The Labute approximate surface area is 172 Å². The van der Waals surface area contributed by atoms with Crippen LogP contribution in [0.3, 0.4) is 0 Å². The van der Waals surface area contributed by atoms with Crippen LogP contribution in [-0.4, -0.2) is 62.2 Å². The van der Waals surface area contributed by atoms with E-state index in [1.807, 2.05) is 18.2 Å². The number of phenolic OH excluding ortho intramolecular Hbond substituents is 1. The minimum absolute atomic E-state index is 0.101. The molecule has 8 heteroatoms. The van der Waals surface area contributed by atoms with Gasteiger partial charge in [0.2, 0.25) is 10.0 Å². The third kappa shape index (κ3) is 6.35. The van der Waals surface area contributed by atoms with E-state index in [0.29, 0.717) is 12.8 Å². The number of aryl methyl sites for hydroxylation is 1. The molecule has 1 atom stereocenters. The van der Waals surface area contributed by atoms with Crippen LogP contribution in [0.5, 0.6) is 5.75 Å². The Morgan fingerprint density at radius 2 is 1.76 bits per heavy atom. The highest BCUT2D eigenvalue weighted by atomic mass is 32.2. The number of aromatic hydroxyl groups is 1. The van der Waals surface area contributed by atoms with Gasteiger partial charge in [-0.05, 0) is 49.1 Å². The number of hydrogen-bond acceptors (Lipinski definition) is 6. The summed E-state index contributed by atoms with van der Waals surface area (Å²) in [4.78, 5) is 4.43. The van der Waals surface area contributed by atoms with E-state index in [1.54, 1.807) is 12.1 Å². The predicted molar refractivity (Wildman–Crippen MR) is 116 cm³/mol. The maximum Gasteiger partial charge on any atom is 0.229 e. The molecule has 0 saturated carbocycles. The van der Waals surface area contributed by atoms with Gasteiger partial charge in [-0.3, -0.25) is 9.62 Å². The molecule has 2 aromatic carbocycles. The van der Waals surface area contributed by atoms with Crippen LogP contribution in [0.25, 0.3) is 0 Å². The van der Waals surface area contributed by atoms with Crippen molar-refractivity contribution in [3.8, 4) is 5.75 Å². The molecule has 2 aromatic rings. The molecule has 1 saturated heterocycles. The number of nitrogens with zero attached hydrogens (tertiary/aromatic N) is 2. The normalized spacial score (nSPS) is 16.6. The molecule has 3 rings (SSSR count). The molecule has 1 heterocycles. The summed E-state index contributed by atoms with van der Waals surface area (Å²) in [5.41, 5.74) is 2.31. The minimum Gasteiger partial charge on any atom is -0.506 e. The molecular weight excluding hydrogens is 390 g/mol. The van der Waals surface area contributed by atoms with Crippen LogP contribution in [0.2, 0.25) is 0 Å². The number of para-hydroxylation sites is 1. The molecule has 1 unspecified atom stereocenters. The second kappa shape index (κ2) is 9.47. The first-order valence-corrected chi connectivity index (χ1v) is 11.7. The first-order chi connectivity index (χ1) is 13.8. The second-order valence-electron chi connectivity index (χ2n) is 7.46. The Kier molecular flexibility index (Phi) is 7.00. The minimum atomic E-state index is -3.45. The molecule has 0 spiro atoms. The van der Waals surface area contributed by atoms with Gasteiger partial charge in [0.1, 0.15) is 12.0 Å². The standard InChI is InChI=1S/C21H29N3O4S/c1-29(27,28)22-19-16-17(10-11-20(19)25)6-5-9-21(26)24-14-12-23(13-15-24)18-7-3-2-4-8-18/h2-4,7-8,10-11,16,21-22,25-26H,5-6,9,12-15H2,1H3. The zero-order chi connectivity index (χ0) is 20.9. The summed E-state index contributed by atoms with van der Waals surface area (Å²) < 4.78 is 25.1. The number of phenols is 1. The largest absolute Gasteiger partial charge is 0.506 e. The van der Waals surface area contributed by atoms with Crippen LogP contribution in [0.15, 0.2) is 48.5 Å². The first-order valence-electron chi connectivity index (χ1n) is 9.83. The van der Waals surface area contributed by atoms with Gasteiger partial charge in [-0.15, -0.1) is 0 Å². The van der Waals surface area contributed by atoms with E-state index in [2.05, 4.69) is 26.7 Å². The Hall–Kier alpha value is -2.29. The zero-order valence-corrected chi connectivity index (χ0v) is 17.5. The quantitative estimate of drug-likeness (QED) is 0.568. The number of aliphatic hydroxyl groups is 1. The number of anilines is 2. The Morgan fingerprint density at radius 3 is 2.41 bits per heavy atom. The summed E-state index contributed by atoms with van der Waals surface area (Å²) in [7, 11) is -3.45. The van der Waals surface area contributed by atoms with E-state index < -0.39 is 16.3 Å². The Morgan fingerprint density at radius 1 is 1.07 bits per heavy atom. The third-order valence-corrected chi connectivity index (χ3v) is 5.73. The van der Waals surface area contributed by atoms with Crippen LogP contribution in [0.1, 0.15) is 18.4 Å². The van der Waals surface area contributed by atoms with Crippen LogP contribution in [0.4, 0.5) is 11.4 Å². The lowest BCUT2D eigenvalue weighted by atomic mass is 10.1. The van der Waals surface area contributed by atoms with Crippen molar-refractivity contribution in [2.24, 2.45) is 0 Å². The van der Waals surface area contributed by atoms with E-state index in [0.717, 1.165) is 44.4 Å². The lowest BCUT2D eigenvalue weighted by Crippen LogP contribution is -2.50. The molecule has 0 bridgehead atoms. The van der Waals surface area contributed by atoms with Gasteiger partial charge < -0.3 is 15.1 Å². The molecule has 7 nitrogen and oxygen atoms in total. The fraction of sp³-hybridized carbons (Fsp3) is 0.429. The summed E-state index contributed by atoms with van der Waals surface area (Å²) in [5, 5.41) is 20.3. The van der Waals surface area contributed by atoms with Crippen molar-refractivity contribution < 1.29 is 18.6 Å². The van der Waals surface area contributed by atoms with Gasteiger partial charge >= 0.3 is 0 Å². The summed E-state index contributed by atoms with van der Waals surface area (Å²) in [5.74, 6) is -0.101. The average molecular weight is 420 g/mol. The fourth-order valence-corrected chi connectivity index (χ4v) is 4.17. The predicted octanol–water partition coefficient (Wildman–Crippen LogP) is 2.23. The van der Waals surface area contributed by atoms with Gasteiger partial charge in [0.15, 0.2) is 0 Å². The maximum atomic E-state index is 11.4. The summed E-state index contributed by atoms with van der Waals surface area (Å²) in [6, 6.07) is 15.2. The van der Waals surface area contributed by atoms with Gasteiger partial charge in [0.05, 0.1) is 11.9 Å².